The van der Waals surface area contributed by atoms with Crippen molar-refractivity contribution in [2.24, 2.45) is 23.7 Å². The van der Waals surface area contributed by atoms with Crippen LogP contribution in [-0.2, 0) is 9.59 Å². The number of aliphatic hydroxyl groups excluding tert-OH is 1. The van der Waals surface area contributed by atoms with Crippen LogP contribution in [0, 0.1) is 23.7 Å². The Morgan fingerprint density at radius 3 is 2.47 bits per heavy atom. The third-order valence-electron chi connectivity index (χ3n) is 4.06. The molecule has 0 radical (unpaired) electrons. The molecule has 19 heavy (non-hydrogen) atoms. The molecule has 5 nitrogen and oxygen atoms in total. The van der Waals surface area contributed by atoms with E-state index in [4.69, 9.17) is 5.11 Å². The molecule has 1 fully saturated rings. The highest BCUT2D eigenvalue weighted by atomic mass is 16.4. The summed E-state index contributed by atoms with van der Waals surface area (Å²) in [5, 5.41) is 18.3. The minimum atomic E-state index is -0.905. The molecule has 0 aromatic rings. The van der Waals surface area contributed by atoms with Gasteiger partial charge in [-0.25, -0.2) is 0 Å². The first-order chi connectivity index (χ1) is 9.10. The number of carboxylic acid groups (broad SMARTS) is 1. The van der Waals surface area contributed by atoms with Crippen molar-refractivity contribution in [2.45, 2.75) is 6.42 Å². The molecule has 0 aromatic heterocycles. The number of fused-ring (bicyclic) bond motifs is 2. The number of carboxylic acids is 1. The summed E-state index contributed by atoms with van der Waals surface area (Å²) in [6.45, 7) is 4.01. The van der Waals surface area contributed by atoms with Crippen molar-refractivity contribution in [2.75, 3.05) is 19.7 Å². The summed E-state index contributed by atoms with van der Waals surface area (Å²) in [5.74, 6) is -2.23. The van der Waals surface area contributed by atoms with Gasteiger partial charge in [0.15, 0.2) is 0 Å². The van der Waals surface area contributed by atoms with Gasteiger partial charge in [-0.2, -0.15) is 0 Å². The zero-order chi connectivity index (χ0) is 14.0. The minimum absolute atomic E-state index is 0.0182. The fourth-order valence-corrected chi connectivity index (χ4v) is 3.27. The van der Waals surface area contributed by atoms with Crippen molar-refractivity contribution in [1.82, 2.24) is 4.90 Å². The maximum atomic E-state index is 12.5. The third kappa shape index (κ3) is 2.42. The van der Waals surface area contributed by atoms with Crippen LogP contribution in [-0.4, -0.2) is 46.7 Å². The maximum Gasteiger partial charge on any atom is 0.307 e. The van der Waals surface area contributed by atoms with Crippen LogP contribution < -0.4 is 0 Å². The molecule has 1 amide bonds. The van der Waals surface area contributed by atoms with Crippen molar-refractivity contribution in [3.63, 3.8) is 0 Å². The molecule has 5 heteroatoms. The third-order valence-corrected chi connectivity index (χ3v) is 4.06. The van der Waals surface area contributed by atoms with Crippen LogP contribution in [0.3, 0.4) is 0 Å². The molecule has 0 spiro atoms. The smallest absolute Gasteiger partial charge is 0.307 e. The summed E-state index contributed by atoms with van der Waals surface area (Å²) < 4.78 is 0. The van der Waals surface area contributed by atoms with E-state index in [1.165, 1.54) is 4.90 Å². The molecule has 104 valence electrons. The zero-order valence-corrected chi connectivity index (χ0v) is 10.7. The van der Waals surface area contributed by atoms with Gasteiger partial charge in [-0.1, -0.05) is 18.2 Å². The van der Waals surface area contributed by atoms with Gasteiger partial charge in [-0.15, -0.1) is 6.58 Å². The van der Waals surface area contributed by atoms with Gasteiger partial charge < -0.3 is 15.1 Å². The maximum absolute atomic E-state index is 12.5. The van der Waals surface area contributed by atoms with Gasteiger partial charge in [-0.05, 0) is 18.3 Å². The van der Waals surface area contributed by atoms with Crippen LogP contribution in [0.4, 0.5) is 0 Å². The molecule has 0 aromatic carbocycles. The Bertz CT molecular complexity index is 418. The Balaban J connectivity index is 2.18. The molecule has 0 saturated heterocycles. The van der Waals surface area contributed by atoms with Crippen LogP contribution in [0.5, 0.6) is 0 Å². The lowest BCUT2D eigenvalue weighted by Gasteiger charge is -2.30. The Labute approximate surface area is 112 Å². The highest BCUT2D eigenvalue weighted by molar-refractivity contribution is 5.87. The molecule has 0 aliphatic heterocycles. The molecule has 2 aliphatic rings. The first-order valence-electron chi connectivity index (χ1n) is 6.51. The van der Waals surface area contributed by atoms with Gasteiger partial charge in [0.1, 0.15) is 0 Å². The monoisotopic (exact) mass is 265 g/mol. The Hall–Kier alpha value is -1.62. The fourth-order valence-electron chi connectivity index (χ4n) is 3.27. The van der Waals surface area contributed by atoms with Gasteiger partial charge in [-0.3, -0.25) is 9.59 Å². The second kappa shape index (κ2) is 5.57. The van der Waals surface area contributed by atoms with Crippen molar-refractivity contribution >= 4 is 11.9 Å². The standard InChI is InChI=1S/C14H19NO4/c1-2-5-15(6-7-16)13(17)11-9-3-4-10(8-9)12(11)14(18)19/h2-4,9-12,16H,1,5-8H2,(H,18,19)/t9?,10?,11-,12+/m0/s1. The van der Waals surface area contributed by atoms with Crippen LogP contribution in [0.15, 0.2) is 24.8 Å². The van der Waals surface area contributed by atoms with E-state index in [-0.39, 0.29) is 30.9 Å². The Morgan fingerprint density at radius 1 is 1.32 bits per heavy atom. The highest BCUT2D eigenvalue weighted by Crippen LogP contribution is 2.48. The normalized spacial score (nSPS) is 31.4. The summed E-state index contributed by atoms with van der Waals surface area (Å²) in [7, 11) is 0. The second-order valence-electron chi connectivity index (χ2n) is 5.13. The van der Waals surface area contributed by atoms with Gasteiger partial charge >= 0.3 is 5.97 Å². The number of hydrogen-bond donors (Lipinski definition) is 2. The summed E-state index contributed by atoms with van der Waals surface area (Å²) in [4.78, 5) is 25.4. The van der Waals surface area contributed by atoms with Crippen LogP contribution in [0.1, 0.15) is 6.42 Å². The number of aliphatic hydroxyl groups is 1. The van der Waals surface area contributed by atoms with Crippen molar-refractivity contribution < 1.29 is 19.8 Å². The SMILES string of the molecule is C=CCN(CCO)C(=O)[C@H]1C2C=CC(C2)[C@H]1C(=O)O. The largest absolute Gasteiger partial charge is 0.481 e. The quantitative estimate of drug-likeness (QED) is 0.686. The first-order valence-corrected chi connectivity index (χ1v) is 6.51. The average molecular weight is 265 g/mol. The number of amides is 1. The van der Waals surface area contributed by atoms with E-state index in [2.05, 4.69) is 6.58 Å². The van der Waals surface area contributed by atoms with Gasteiger partial charge in [0.2, 0.25) is 5.91 Å². The lowest BCUT2D eigenvalue weighted by atomic mass is 9.82. The van der Waals surface area contributed by atoms with Crippen LogP contribution >= 0.6 is 0 Å². The highest BCUT2D eigenvalue weighted by Gasteiger charge is 2.52. The number of allylic oxidation sites excluding steroid dienone is 2. The van der Waals surface area contributed by atoms with E-state index in [0.29, 0.717) is 6.54 Å². The van der Waals surface area contributed by atoms with E-state index in [1.54, 1.807) is 6.08 Å². The molecule has 4 atom stereocenters. The number of hydrogen-bond acceptors (Lipinski definition) is 3. The van der Waals surface area contributed by atoms with Crippen molar-refractivity contribution in [3.8, 4) is 0 Å². The molecular formula is C14H19NO4. The van der Waals surface area contributed by atoms with E-state index in [9.17, 15) is 14.7 Å². The zero-order valence-electron chi connectivity index (χ0n) is 10.7. The average Bonchev–Trinajstić information content (AvgIpc) is 2.97. The number of rotatable bonds is 6. The van der Waals surface area contributed by atoms with Crippen LogP contribution in [0.25, 0.3) is 0 Å². The first kappa shape index (κ1) is 13.8. The van der Waals surface area contributed by atoms with Gasteiger partial charge in [0, 0.05) is 13.1 Å². The van der Waals surface area contributed by atoms with E-state index >= 15 is 0 Å². The Morgan fingerprint density at radius 2 is 1.95 bits per heavy atom. The summed E-state index contributed by atoms with van der Waals surface area (Å²) in [6.07, 6.45) is 6.20. The topological polar surface area (TPSA) is 77.8 Å². The number of carbonyl (C=O) groups excluding carboxylic acids is 1. The number of aliphatic carboxylic acids is 1. The summed E-state index contributed by atoms with van der Waals surface area (Å²) >= 11 is 0. The molecular weight excluding hydrogens is 246 g/mol. The van der Waals surface area contributed by atoms with E-state index < -0.39 is 17.8 Å². The molecule has 2 N–H and O–H groups in total. The minimum Gasteiger partial charge on any atom is -0.481 e. The molecule has 2 unspecified atom stereocenters. The predicted molar refractivity (Wildman–Crippen MR) is 69.2 cm³/mol. The molecule has 2 rings (SSSR count). The molecule has 2 aliphatic carbocycles. The van der Waals surface area contributed by atoms with E-state index in [1.807, 2.05) is 12.2 Å². The van der Waals surface area contributed by atoms with Crippen molar-refractivity contribution in [1.29, 1.82) is 0 Å². The predicted octanol–water partition coefficient (Wildman–Crippen LogP) is 0.516. The lowest BCUT2D eigenvalue weighted by molar-refractivity contribution is -0.151. The van der Waals surface area contributed by atoms with Gasteiger partial charge in [0.05, 0.1) is 18.4 Å². The molecule has 0 heterocycles. The fraction of sp³-hybridized carbons (Fsp3) is 0.571. The Kier molecular flexibility index (Phi) is 4.04. The molecule has 1 saturated carbocycles. The number of carbonyl (C=O) groups is 2. The van der Waals surface area contributed by atoms with E-state index in [0.717, 1.165) is 6.42 Å². The second-order valence-corrected chi connectivity index (χ2v) is 5.13. The summed E-state index contributed by atoms with van der Waals surface area (Å²) in [5.41, 5.74) is 0. The van der Waals surface area contributed by atoms with Crippen molar-refractivity contribution in [3.05, 3.63) is 24.8 Å². The lowest BCUT2D eigenvalue weighted by Crippen LogP contribution is -2.44. The van der Waals surface area contributed by atoms with Gasteiger partial charge in [0.25, 0.3) is 0 Å². The molecule has 2 bridgehead atoms. The van der Waals surface area contributed by atoms with Crippen LogP contribution in [0.2, 0.25) is 0 Å². The summed E-state index contributed by atoms with van der Waals surface area (Å²) in [6, 6.07) is 0. The number of nitrogens with zero attached hydrogens (tertiary/aromatic N) is 1.